The van der Waals surface area contributed by atoms with Gasteiger partial charge in [0.15, 0.2) is 0 Å². The van der Waals surface area contributed by atoms with Gasteiger partial charge in [-0.15, -0.1) is 11.8 Å². The minimum Gasteiger partial charge on any atom is -0.468 e. The average Bonchev–Trinajstić information content (AvgIpc) is 3.07. The molecule has 0 spiro atoms. The van der Waals surface area contributed by atoms with Crippen LogP contribution in [0.4, 0.5) is 0 Å². The van der Waals surface area contributed by atoms with Crippen LogP contribution in [0.3, 0.4) is 0 Å². The van der Waals surface area contributed by atoms with Crippen LogP contribution in [0.2, 0.25) is 0 Å². The summed E-state index contributed by atoms with van der Waals surface area (Å²) in [4.78, 5) is 1.17. The molecule has 2 N–H and O–H groups in total. The third-order valence-corrected chi connectivity index (χ3v) is 4.83. The van der Waals surface area contributed by atoms with Gasteiger partial charge in [-0.2, -0.15) is 0 Å². The van der Waals surface area contributed by atoms with Crippen molar-refractivity contribution in [3.8, 4) is 0 Å². The molecule has 0 aliphatic heterocycles. The van der Waals surface area contributed by atoms with Crippen LogP contribution in [0, 0.1) is 12.8 Å². The van der Waals surface area contributed by atoms with Gasteiger partial charge in [-0.1, -0.05) is 0 Å². The van der Waals surface area contributed by atoms with Crippen molar-refractivity contribution in [1.29, 1.82) is 0 Å². The van der Waals surface area contributed by atoms with Gasteiger partial charge < -0.3 is 14.8 Å². The van der Waals surface area contributed by atoms with Crippen molar-refractivity contribution in [3.05, 3.63) is 18.1 Å². The Bertz CT molecular complexity index is 343. The number of nitrogens with one attached hydrogen (secondary N) is 1. The standard InChI is InChI=1S/C12H19NO2S/c1-9-11(5-6-15-9)16-8-12(7-14,13-2)10-3-4-10/h5-6,10,13-14H,3-4,7-8H2,1-2H3. The monoisotopic (exact) mass is 241 g/mol. The normalized spacial score (nSPS) is 19.7. The molecule has 2 rings (SSSR count). The number of rotatable bonds is 6. The van der Waals surface area contributed by atoms with E-state index in [1.807, 2.05) is 20.0 Å². The van der Waals surface area contributed by atoms with Crippen molar-refractivity contribution >= 4 is 11.8 Å². The Morgan fingerprint density at radius 3 is 2.81 bits per heavy atom. The third kappa shape index (κ3) is 2.29. The van der Waals surface area contributed by atoms with Gasteiger partial charge >= 0.3 is 0 Å². The predicted octanol–water partition coefficient (Wildman–Crippen LogP) is 2.04. The summed E-state index contributed by atoms with van der Waals surface area (Å²) in [5, 5.41) is 12.9. The number of furan rings is 1. The summed E-state index contributed by atoms with van der Waals surface area (Å²) in [6, 6.07) is 1.99. The molecule has 0 aromatic carbocycles. The van der Waals surface area contributed by atoms with E-state index in [9.17, 15) is 5.11 Å². The van der Waals surface area contributed by atoms with E-state index in [0.717, 1.165) is 11.5 Å². The van der Waals surface area contributed by atoms with E-state index in [1.165, 1.54) is 17.7 Å². The maximum Gasteiger partial charge on any atom is 0.114 e. The second-order valence-corrected chi connectivity index (χ2v) is 5.49. The summed E-state index contributed by atoms with van der Waals surface area (Å²) in [7, 11) is 1.94. The number of thioether (sulfide) groups is 1. The van der Waals surface area contributed by atoms with Crippen molar-refractivity contribution < 1.29 is 9.52 Å². The number of aliphatic hydroxyl groups excluding tert-OH is 1. The van der Waals surface area contributed by atoms with E-state index < -0.39 is 0 Å². The van der Waals surface area contributed by atoms with Gasteiger partial charge in [-0.05, 0) is 38.8 Å². The molecule has 0 amide bonds. The van der Waals surface area contributed by atoms with E-state index in [4.69, 9.17) is 4.42 Å². The second-order valence-electron chi connectivity index (χ2n) is 4.47. The Labute approximate surface area is 101 Å². The van der Waals surface area contributed by atoms with Crippen LogP contribution < -0.4 is 5.32 Å². The fourth-order valence-corrected chi connectivity index (χ4v) is 3.30. The highest BCUT2D eigenvalue weighted by molar-refractivity contribution is 7.99. The lowest BCUT2D eigenvalue weighted by atomic mass is 9.97. The topological polar surface area (TPSA) is 45.4 Å². The summed E-state index contributed by atoms with van der Waals surface area (Å²) in [6.07, 6.45) is 4.17. The first-order valence-corrected chi connectivity index (χ1v) is 6.67. The van der Waals surface area contributed by atoms with Crippen molar-refractivity contribution in [1.82, 2.24) is 5.32 Å². The fourth-order valence-electron chi connectivity index (χ4n) is 2.01. The van der Waals surface area contributed by atoms with Crippen LogP contribution in [-0.4, -0.2) is 30.1 Å². The highest BCUT2D eigenvalue weighted by Gasteiger charge is 2.43. The summed E-state index contributed by atoms with van der Waals surface area (Å²) in [6.45, 7) is 2.18. The SMILES string of the molecule is CNC(CO)(CSc1ccoc1C)C1CC1. The molecule has 1 saturated carbocycles. The minimum absolute atomic E-state index is 0.117. The predicted molar refractivity (Wildman–Crippen MR) is 65.8 cm³/mol. The molecule has 1 heterocycles. The minimum atomic E-state index is -0.117. The molecule has 1 unspecified atom stereocenters. The van der Waals surface area contributed by atoms with E-state index in [-0.39, 0.29) is 12.1 Å². The van der Waals surface area contributed by atoms with Gasteiger partial charge in [0, 0.05) is 10.6 Å². The van der Waals surface area contributed by atoms with E-state index >= 15 is 0 Å². The van der Waals surface area contributed by atoms with E-state index in [1.54, 1.807) is 18.0 Å². The van der Waals surface area contributed by atoms with Crippen molar-refractivity contribution in [2.45, 2.75) is 30.2 Å². The van der Waals surface area contributed by atoms with Crippen LogP contribution >= 0.6 is 11.8 Å². The molecular weight excluding hydrogens is 222 g/mol. The molecule has 0 radical (unpaired) electrons. The lowest BCUT2D eigenvalue weighted by molar-refractivity contribution is 0.167. The van der Waals surface area contributed by atoms with Gasteiger partial charge in [-0.3, -0.25) is 0 Å². The molecule has 1 aliphatic carbocycles. The molecule has 1 aliphatic rings. The second kappa shape index (κ2) is 4.82. The summed E-state index contributed by atoms with van der Waals surface area (Å²) < 4.78 is 5.27. The largest absolute Gasteiger partial charge is 0.468 e. The van der Waals surface area contributed by atoms with Crippen molar-refractivity contribution in [2.75, 3.05) is 19.4 Å². The Morgan fingerprint density at radius 2 is 2.38 bits per heavy atom. The molecular formula is C12H19NO2S. The Kier molecular flexibility index (Phi) is 3.62. The summed E-state index contributed by atoms with van der Waals surface area (Å²) in [5.74, 6) is 2.48. The molecule has 1 aromatic heterocycles. The van der Waals surface area contributed by atoms with Crippen LogP contribution in [0.15, 0.2) is 21.6 Å². The molecule has 0 saturated heterocycles. The van der Waals surface area contributed by atoms with Crippen molar-refractivity contribution in [3.63, 3.8) is 0 Å². The van der Waals surface area contributed by atoms with Gasteiger partial charge in [0.1, 0.15) is 5.76 Å². The fraction of sp³-hybridized carbons (Fsp3) is 0.667. The molecule has 3 nitrogen and oxygen atoms in total. The maximum atomic E-state index is 9.59. The lowest BCUT2D eigenvalue weighted by Gasteiger charge is -2.31. The van der Waals surface area contributed by atoms with E-state index in [0.29, 0.717) is 5.92 Å². The third-order valence-electron chi connectivity index (χ3n) is 3.44. The highest BCUT2D eigenvalue weighted by atomic mass is 32.2. The zero-order valence-corrected chi connectivity index (χ0v) is 10.6. The van der Waals surface area contributed by atoms with Gasteiger partial charge in [0.2, 0.25) is 0 Å². The first-order chi connectivity index (χ1) is 7.72. The molecule has 16 heavy (non-hydrogen) atoms. The Hall–Kier alpha value is -0.450. The quantitative estimate of drug-likeness (QED) is 0.748. The van der Waals surface area contributed by atoms with Crippen LogP contribution in [0.1, 0.15) is 18.6 Å². The number of likely N-dealkylation sites (N-methyl/N-ethyl adjacent to an activating group) is 1. The molecule has 90 valence electrons. The van der Waals surface area contributed by atoms with Crippen LogP contribution in [-0.2, 0) is 0 Å². The number of aryl methyl sites for hydroxylation is 1. The average molecular weight is 241 g/mol. The van der Waals surface area contributed by atoms with Gasteiger partial charge in [0.05, 0.1) is 18.4 Å². The van der Waals surface area contributed by atoms with Gasteiger partial charge in [0.25, 0.3) is 0 Å². The summed E-state index contributed by atoms with van der Waals surface area (Å²) >= 11 is 1.76. The number of aliphatic hydroxyl groups is 1. The smallest absolute Gasteiger partial charge is 0.114 e. The van der Waals surface area contributed by atoms with Crippen LogP contribution in [0.5, 0.6) is 0 Å². The lowest BCUT2D eigenvalue weighted by Crippen LogP contribution is -2.51. The zero-order valence-electron chi connectivity index (χ0n) is 9.82. The first kappa shape index (κ1) is 12.0. The maximum absolute atomic E-state index is 9.59. The Morgan fingerprint density at radius 1 is 1.62 bits per heavy atom. The number of hydrogen-bond acceptors (Lipinski definition) is 4. The molecule has 1 atom stereocenters. The molecule has 0 bridgehead atoms. The Balaban J connectivity index is 1.99. The van der Waals surface area contributed by atoms with Gasteiger partial charge in [-0.25, -0.2) is 0 Å². The first-order valence-electron chi connectivity index (χ1n) is 5.68. The van der Waals surface area contributed by atoms with Crippen molar-refractivity contribution in [2.24, 2.45) is 5.92 Å². The van der Waals surface area contributed by atoms with E-state index in [2.05, 4.69) is 5.32 Å². The molecule has 1 fully saturated rings. The molecule has 1 aromatic rings. The summed E-state index contributed by atoms with van der Waals surface area (Å²) in [5.41, 5.74) is -0.117. The number of hydrogen-bond donors (Lipinski definition) is 2. The molecule has 4 heteroatoms. The highest BCUT2D eigenvalue weighted by Crippen LogP contribution is 2.42. The zero-order chi connectivity index (χ0) is 11.6. The van der Waals surface area contributed by atoms with Crippen LogP contribution in [0.25, 0.3) is 0 Å².